The van der Waals surface area contributed by atoms with Gasteiger partial charge in [-0.1, -0.05) is 48.0 Å². The van der Waals surface area contributed by atoms with Crippen molar-refractivity contribution in [3.05, 3.63) is 77.4 Å². The van der Waals surface area contributed by atoms with Crippen LogP contribution in [0.1, 0.15) is 27.6 Å². The van der Waals surface area contributed by atoms with E-state index in [1.54, 1.807) is 0 Å². The van der Waals surface area contributed by atoms with Gasteiger partial charge in [0.05, 0.1) is 0 Å². The van der Waals surface area contributed by atoms with Gasteiger partial charge in [-0.15, -0.1) is 10.2 Å². The normalized spacial score (nSPS) is 20.9. The molecule has 29 heavy (non-hydrogen) atoms. The number of hydrogen-bond donors (Lipinski definition) is 1. The van der Waals surface area contributed by atoms with Crippen LogP contribution in [0.2, 0.25) is 0 Å². The first-order valence-corrected chi connectivity index (χ1v) is 10.2. The van der Waals surface area contributed by atoms with E-state index < -0.39 is 0 Å². The molecule has 1 N–H and O–H groups in total. The Bertz CT molecular complexity index is 1030. The first-order chi connectivity index (χ1) is 14.2. The maximum Gasteiger partial charge on any atom is 0.293 e. The zero-order valence-corrected chi connectivity index (χ0v) is 16.6. The van der Waals surface area contributed by atoms with Crippen LogP contribution in [-0.4, -0.2) is 38.7 Å². The van der Waals surface area contributed by atoms with Crippen LogP contribution in [0, 0.1) is 18.8 Å². The topological polar surface area (TPSA) is 63.1 Å². The van der Waals surface area contributed by atoms with Crippen molar-refractivity contribution in [1.82, 2.24) is 19.7 Å². The number of aryl methyl sites for hydroxylation is 1. The Morgan fingerprint density at radius 2 is 1.86 bits per heavy atom. The standard InChI is InChI=1S/C23H25N5O/c1-16-6-5-7-17(10-16)12-27-13-18-11-21-25-26-22(28(21)15-19(18)14-27)23(29)24-20-8-3-2-4-9-20/h2-10,18-19H,11-15H2,1H3,(H,24,29)/t18-,19-/m1/s1. The molecule has 1 saturated heterocycles. The van der Waals surface area contributed by atoms with Gasteiger partial charge in [0.2, 0.25) is 5.82 Å². The molecule has 2 aliphatic heterocycles. The number of benzene rings is 2. The van der Waals surface area contributed by atoms with E-state index in [4.69, 9.17) is 0 Å². The molecule has 0 saturated carbocycles. The molecule has 6 heteroatoms. The van der Waals surface area contributed by atoms with Crippen LogP contribution in [0.15, 0.2) is 54.6 Å². The highest BCUT2D eigenvalue weighted by Crippen LogP contribution is 2.33. The number of carbonyl (C=O) groups is 1. The predicted octanol–water partition coefficient (Wildman–Crippen LogP) is 3.14. The van der Waals surface area contributed by atoms with Crippen LogP contribution in [0.25, 0.3) is 0 Å². The average Bonchev–Trinajstić information content (AvgIpc) is 3.29. The quantitative estimate of drug-likeness (QED) is 0.747. The number of fused-ring (bicyclic) bond motifs is 2. The number of carbonyl (C=O) groups excluding carboxylic acids is 1. The largest absolute Gasteiger partial charge is 0.319 e. The number of rotatable bonds is 4. The minimum absolute atomic E-state index is 0.192. The van der Waals surface area contributed by atoms with E-state index in [1.807, 2.05) is 34.9 Å². The summed E-state index contributed by atoms with van der Waals surface area (Å²) in [5.74, 6) is 2.28. The van der Waals surface area contributed by atoms with Crippen molar-refractivity contribution < 1.29 is 4.79 Å². The van der Waals surface area contributed by atoms with Gasteiger partial charge in [0.15, 0.2) is 0 Å². The molecule has 2 atom stereocenters. The fourth-order valence-electron chi connectivity index (χ4n) is 4.70. The summed E-state index contributed by atoms with van der Waals surface area (Å²) in [6.07, 6.45) is 0.889. The van der Waals surface area contributed by atoms with E-state index in [1.165, 1.54) is 11.1 Å². The molecule has 2 aliphatic rings. The van der Waals surface area contributed by atoms with Crippen LogP contribution in [0.4, 0.5) is 5.69 Å². The van der Waals surface area contributed by atoms with Gasteiger partial charge in [-0.05, 0) is 36.5 Å². The lowest BCUT2D eigenvalue weighted by Gasteiger charge is -2.25. The van der Waals surface area contributed by atoms with Crippen molar-refractivity contribution in [2.45, 2.75) is 26.4 Å². The first-order valence-electron chi connectivity index (χ1n) is 10.2. The fraction of sp³-hybridized carbons (Fsp3) is 0.348. The highest BCUT2D eigenvalue weighted by atomic mass is 16.2. The average molecular weight is 387 g/mol. The summed E-state index contributed by atoms with van der Waals surface area (Å²) in [5.41, 5.74) is 3.44. The molecule has 0 unspecified atom stereocenters. The highest BCUT2D eigenvalue weighted by molar-refractivity contribution is 6.01. The zero-order valence-electron chi connectivity index (χ0n) is 16.6. The minimum atomic E-state index is -0.192. The van der Waals surface area contributed by atoms with Crippen molar-refractivity contribution in [1.29, 1.82) is 0 Å². The lowest BCUT2D eigenvalue weighted by molar-refractivity contribution is 0.100. The number of aromatic nitrogens is 3. The summed E-state index contributed by atoms with van der Waals surface area (Å²) in [6, 6.07) is 18.2. The smallest absolute Gasteiger partial charge is 0.293 e. The summed E-state index contributed by atoms with van der Waals surface area (Å²) >= 11 is 0. The van der Waals surface area contributed by atoms with Gasteiger partial charge < -0.3 is 9.88 Å². The van der Waals surface area contributed by atoms with Crippen LogP contribution < -0.4 is 5.32 Å². The summed E-state index contributed by atoms with van der Waals surface area (Å²) in [7, 11) is 0. The SMILES string of the molecule is Cc1cccc(CN2C[C@H]3Cc4nnc(C(=O)Nc5ccccc5)n4C[C@H]3C2)c1. The molecule has 3 aromatic rings. The Labute approximate surface area is 170 Å². The Balaban J connectivity index is 1.28. The van der Waals surface area contributed by atoms with Gasteiger partial charge >= 0.3 is 0 Å². The molecule has 3 heterocycles. The number of nitrogens with one attached hydrogen (secondary N) is 1. The van der Waals surface area contributed by atoms with E-state index >= 15 is 0 Å². The van der Waals surface area contributed by atoms with Crippen molar-refractivity contribution >= 4 is 11.6 Å². The second-order valence-corrected chi connectivity index (χ2v) is 8.28. The van der Waals surface area contributed by atoms with Gasteiger partial charge in [0, 0.05) is 38.3 Å². The van der Waals surface area contributed by atoms with E-state index in [0.717, 1.165) is 44.1 Å². The van der Waals surface area contributed by atoms with Gasteiger partial charge in [-0.3, -0.25) is 9.69 Å². The van der Waals surface area contributed by atoms with Crippen molar-refractivity contribution in [2.75, 3.05) is 18.4 Å². The summed E-state index contributed by atoms with van der Waals surface area (Å²) in [6.45, 7) is 6.07. The maximum absolute atomic E-state index is 12.7. The van der Waals surface area contributed by atoms with Crippen LogP contribution >= 0.6 is 0 Å². The molecule has 6 nitrogen and oxygen atoms in total. The van der Waals surface area contributed by atoms with E-state index in [-0.39, 0.29) is 5.91 Å². The third-order valence-electron chi connectivity index (χ3n) is 6.06. The van der Waals surface area contributed by atoms with E-state index in [2.05, 4.69) is 51.6 Å². The molecule has 0 aliphatic carbocycles. The predicted molar refractivity (Wildman–Crippen MR) is 112 cm³/mol. The summed E-state index contributed by atoms with van der Waals surface area (Å²) < 4.78 is 2.02. The molecular formula is C23H25N5O. The zero-order chi connectivity index (χ0) is 19.8. The van der Waals surface area contributed by atoms with Crippen LogP contribution in [0.3, 0.4) is 0 Å². The van der Waals surface area contributed by atoms with Gasteiger partial charge in [0.1, 0.15) is 5.82 Å². The Hall–Kier alpha value is -2.99. The van der Waals surface area contributed by atoms with Crippen LogP contribution in [-0.2, 0) is 19.5 Å². The van der Waals surface area contributed by atoms with Gasteiger partial charge in [-0.2, -0.15) is 0 Å². The van der Waals surface area contributed by atoms with E-state index in [0.29, 0.717) is 17.7 Å². The third kappa shape index (κ3) is 3.68. The molecule has 2 aromatic carbocycles. The second-order valence-electron chi connectivity index (χ2n) is 8.28. The van der Waals surface area contributed by atoms with Crippen molar-refractivity contribution in [3.8, 4) is 0 Å². The Morgan fingerprint density at radius 3 is 2.69 bits per heavy atom. The van der Waals surface area contributed by atoms with E-state index in [9.17, 15) is 4.79 Å². The fourth-order valence-corrected chi connectivity index (χ4v) is 4.70. The lowest BCUT2D eigenvalue weighted by Crippen LogP contribution is -2.31. The summed E-state index contributed by atoms with van der Waals surface area (Å²) in [5, 5.41) is 11.5. The maximum atomic E-state index is 12.7. The molecule has 1 fully saturated rings. The lowest BCUT2D eigenvalue weighted by atomic mass is 9.89. The molecule has 0 spiro atoms. The molecule has 1 aromatic heterocycles. The highest BCUT2D eigenvalue weighted by Gasteiger charge is 2.39. The second kappa shape index (κ2) is 7.44. The molecule has 5 rings (SSSR count). The Morgan fingerprint density at radius 1 is 1.03 bits per heavy atom. The molecule has 148 valence electrons. The van der Waals surface area contributed by atoms with Gasteiger partial charge in [-0.25, -0.2) is 0 Å². The minimum Gasteiger partial charge on any atom is -0.319 e. The molecule has 0 bridgehead atoms. The first kappa shape index (κ1) is 18.1. The third-order valence-corrected chi connectivity index (χ3v) is 6.06. The molecule has 0 radical (unpaired) electrons. The molecule has 1 amide bonds. The number of anilines is 1. The summed E-state index contributed by atoms with van der Waals surface area (Å²) in [4.78, 5) is 15.3. The van der Waals surface area contributed by atoms with Crippen molar-refractivity contribution in [3.63, 3.8) is 0 Å². The number of amides is 1. The molecular weight excluding hydrogens is 362 g/mol. The van der Waals surface area contributed by atoms with Crippen molar-refractivity contribution in [2.24, 2.45) is 11.8 Å². The Kier molecular flexibility index (Phi) is 4.64. The monoisotopic (exact) mass is 387 g/mol. The number of hydrogen-bond acceptors (Lipinski definition) is 4. The van der Waals surface area contributed by atoms with Gasteiger partial charge in [0.25, 0.3) is 5.91 Å². The number of nitrogens with zero attached hydrogens (tertiary/aromatic N) is 4. The number of para-hydroxylation sites is 1. The van der Waals surface area contributed by atoms with Crippen LogP contribution in [0.5, 0.6) is 0 Å². The number of likely N-dealkylation sites (tertiary alicyclic amines) is 1.